The van der Waals surface area contributed by atoms with Gasteiger partial charge in [-0.15, -0.1) is 0 Å². The normalized spacial score (nSPS) is 13.6. The van der Waals surface area contributed by atoms with Crippen LogP contribution in [0.1, 0.15) is 16.7 Å². The number of rotatable bonds is 4. The predicted molar refractivity (Wildman–Crippen MR) is 132 cm³/mol. The van der Waals surface area contributed by atoms with Crippen LogP contribution < -0.4 is 10.3 Å². The Bertz CT molecular complexity index is 1550. The summed E-state index contributed by atoms with van der Waals surface area (Å²) < 4.78 is 6.78. The first kappa shape index (κ1) is 20.7. The molecule has 162 valence electrons. The van der Waals surface area contributed by atoms with Crippen LogP contribution in [0.25, 0.3) is 17.3 Å². The summed E-state index contributed by atoms with van der Waals surface area (Å²) in [7, 11) is 1.56. The van der Waals surface area contributed by atoms with Gasteiger partial charge in [0.1, 0.15) is 11.3 Å². The summed E-state index contributed by atoms with van der Waals surface area (Å²) in [6.07, 6.45) is 1.66. The van der Waals surface area contributed by atoms with E-state index in [1.54, 1.807) is 37.5 Å². The average molecular weight is 454 g/mol. The third kappa shape index (κ3) is 3.68. The van der Waals surface area contributed by atoms with E-state index >= 15 is 0 Å². The molecule has 6 nitrogen and oxygen atoms in total. The molecular weight excluding hydrogens is 434 g/mol. The summed E-state index contributed by atoms with van der Waals surface area (Å²) >= 11 is 5.36. The minimum Gasteiger partial charge on any atom is -0.497 e. The number of aliphatic imine (C=N–C) groups is 1. The van der Waals surface area contributed by atoms with Crippen LogP contribution in [0.3, 0.4) is 0 Å². The van der Waals surface area contributed by atoms with Crippen molar-refractivity contribution in [3.05, 3.63) is 111 Å². The second kappa shape index (κ2) is 8.37. The van der Waals surface area contributed by atoms with Gasteiger partial charge in [-0.3, -0.25) is 14.3 Å². The van der Waals surface area contributed by atoms with Gasteiger partial charge in [-0.2, -0.15) is 0 Å². The fourth-order valence-corrected chi connectivity index (χ4v) is 4.16. The molecule has 1 aliphatic rings. The van der Waals surface area contributed by atoms with Crippen molar-refractivity contribution in [2.75, 3.05) is 7.11 Å². The Hall–Kier alpha value is -4.23. The SMILES string of the molecule is COc1cccc(-n2c(O)c(/C=C3/C(c4ccccc4)=Nc4ccccc43)c(=O)[nH]c2=S)c1. The third-order valence-electron chi connectivity index (χ3n) is 5.45. The van der Waals surface area contributed by atoms with Gasteiger partial charge in [-0.25, -0.2) is 4.99 Å². The molecule has 0 aliphatic carbocycles. The molecule has 5 rings (SSSR count). The van der Waals surface area contributed by atoms with Crippen LogP contribution in [-0.2, 0) is 0 Å². The van der Waals surface area contributed by atoms with Gasteiger partial charge >= 0.3 is 0 Å². The molecule has 2 N–H and O–H groups in total. The standard InChI is InChI=1S/C26H19N3O3S/c1-32-18-11-7-10-17(14-18)29-25(31)21(24(30)28-26(29)33)15-20-19-12-5-6-13-22(19)27-23(20)16-8-3-2-4-9-16/h2-15,31H,1H3,(H,28,30,33)/b20-15+. The molecule has 3 aromatic carbocycles. The number of H-pyrrole nitrogens is 1. The number of methoxy groups -OCH3 is 1. The molecule has 0 unspecified atom stereocenters. The molecule has 1 aromatic heterocycles. The molecule has 0 bridgehead atoms. The highest BCUT2D eigenvalue weighted by Gasteiger charge is 2.23. The summed E-state index contributed by atoms with van der Waals surface area (Å²) in [5.41, 5.74) is 4.23. The zero-order valence-electron chi connectivity index (χ0n) is 17.6. The lowest BCUT2D eigenvalue weighted by Gasteiger charge is -2.13. The molecule has 0 saturated carbocycles. The number of benzene rings is 3. The number of nitrogens with one attached hydrogen (secondary N) is 1. The Morgan fingerprint density at radius 2 is 1.79 bits per heavy atom. The quantitative estimate of drug-likeness (QED) is 0.412. The minimum atomic E-state index is -0.485. The molecule has 33 heavy (non-hydrogen) atoms. The Balaban J connectivity index is 1.74. The van der Waals surface area contributed by atoms with Crippen molar-refractivity contribution in [2.45, 2.75) is 0 Å². The third-order valence-corrected chi connectivity index (χ3v) is 5.73. The van der Waals surface area contributed by atoms with Crippen molar-refractivity contribution in [1.82, 2.24) is 9.55 Å². The maximum absolute atomic E-state index is 12.9. The lowest BCUT2D eigenvalue weighted by atomic mass is 9.96. The molecule has 0 radical (unpaired) electrons. The topological polar surface area (TPSA) is 79.6 Å². The number of aromatic nitrogens is 2. The Morgan fingerprint density at radius 1 is 1.03 bits per heavy atom. The van der Waals surface area contributed by atoms with Crippen LogP contribution in [0, 0.1) is 4.77 Å². The molecule has 7 heteroatoms. The van der Waals surface area contributed by atoms with E-state index in [0.29, 0.717) is 11.4 Å². The van der Waals surface area contributed by atoms with Gasteiger partial charge < -0.3 is 9.84 Å². The van der Waals surface area contributed by atoms with E-state index in [-0.39, 0.29) is 16.2 Å². The number of fused-ring (bicyclic) bond motifs is 1. The van der Waals surface area contributed by atoms with Crippen LogP contribution in [-0.4, -0.2) is 27.5 Å². The number of aromatic amines is 1. The van der Waals surface area contributed by atoms with E-state index in [1.165, 1.54) is 4.57 Å². The molecule has 0 saturated heterocycles. The van der Waals surface area contributed by atoms with Crippen LogP contribution in [0.4, 0.5) is 5.69 Å². The summed E-state index contributed by atoms with van der Waals surface area (Å²) in [6, 6.07) is 24.5. The van der Waals surface area contributed by atoms with Gasteiger partial charge in [0.05, 0.1) is 24.2 Å². The maximum atomic E-state index is 12.9. The van der Waals surface area contributed by atoms with E-state index in [2.05, 4.69) is 4.98 Å². The van der Waals surface area contributed by atoms with Gasteiger partial charge in [0.2, 0.25) is 5.88 Å². The molecular formula is C26H19N3O3S. The molecule has 0 amide bonds. The lowest BCUT2D eigenvalue weighted by molar-refractivity contribution is 0.413. The highest BCUT2D eigenvalue weighted by Crippen LogP contribution is 2.38. The van der Waals surface area contributed by atoms with E-state index in [9.17, 15) is 9.90 Å². The number of ether oxygens (including phenoxy) is 1. The van der Waals surface area contributed by atoms with Gasteiger partial charge in [0.15, 0.2) is 4.77 Å². The number of nitrogens with zero attached hydrogens (tertiary/aromatic N) is 2. The predicted octanol–water partition coefficient (Wildman–Crippen LogP) is 5.28. The molecule has 0 spiro atoms. The smallest absolute Gasteiger partial charge is 0.262 e. The summed E-state index contributed by atoms with van der Waals surface area (Å²) in [6.45, 7) is 0. The first-order valence-corrected chi connectivity index (χ1v) is 10.7. The van der Waals surface area contributed by atoms with Gasteiger partial charge in [0.25, 0.3) is 5.56 Å². The van der Waals surface area contributed by atoms with Crippen molar-refractivity contribution in [3.63, 3.8) is 0 Å². The molecule has 1 aliphatic heterocycles. The number of hydrogen-bond acceptors (Lipinski definition) is 5. The highest BCUT2D eigenvalue weighted by atomic mass is 32.1. The zero-order chi connectivity index (χ0) is 22.9. The van der Waals surface area contributed by atoms with Crippen molar-refractivity contribution >= 4 is 35.3 Å². The highest BCUT2D eigenvalue weighted by molar-refractivity contribution is 7.71. The zero-order valence-corrected chi connectivity index (χ0v) is 18.5. The van der Waals surface area contributed by atoms with Crippen molar-refractivity contribution in [2.24, 2.45) is 4.99 Å². The van der Waals surface area contributed by atoms with E-state index in [4.69, 9.17) is 21.9 Å². The monoisotopic (exact) mass is 453 g/mol. The van der Waals surface area contributed by atoms with Crippen LogP contribution in [0.5, 0.6) is 11.6 Å². The van der Waals surface area contributed by atoms with Crippen molar-refractivity contribution in [3.8, 4) is 17.3 Å². The largest absolute Gasteiger partial charge is 0.497 e. The van der Waals surface area contributed by atoms with Crippen molar-refractivity contribution in [1.29, 1.82) is 0 Å². The van der Waals surface area contributed by atoms with E-state index < -0.39 is 5.56 Å². The average Bonchev–Trinajstić information content (AvgIpc) is 3.21. The first-order valence-electron chi connectivity index (χ1n) is 10.2. The minimum absolute atomic E-state index is 0.0803. The molecule has 0 atom stereocenters. The molecule has 2 heterocycles. The molecule has 0 fully saturated rings. The Labute approximate surface area is 194 Å². The van der Waals surface area contributed by atoms with Crippen molar-refractivity contribution < 1.29 is 9.84 Å². The summed E-state index contributed by atoms with van der Waals surface area (Å²) in [5.74, 6) is 0.337. The van der Waals surface area contributed by atoms with E-state index in [1.807, 2.05) is 54.6 Å². The Kier molecular flexibility index (Phi) is 5.24. The Morgan fingerprint density at radius 3 is 2.58 bits per heavy atom. The summed E-state index contributed by atoms with van der Waals surface area (Å²) in [4.78, 5) is 20.4. The number of para-hydroxylation sites is 1. The molecule has 4 aromatic rings. The van der Waals surface area contributed by atoms with Crippen LogP contribution >= 0.6 is 12.2 Å². The lowest BCUT2D eigenvalue weighted by Crippen LogP contribution is -2.16. The van der Waals surface area contributed by atoms with Gasteiger partial charge in [-0.1, -0.05) is 54.6 Å². The second-order valence-corrected chi connectivity index (χ2v) is 7.82. The van der Waals surface area contributed by atoms with Gasteiger partial charge in [-0.05, 0) is 36.5 Å². The second-order valence-electron chi connectivity index (χ2n) is 7.44. The fourth-order valence-electron chi connectivity index (χ4n) is 3.87. The van der Waals surface area contributed by atoms with Crippen LogP contribution in [0.2, 0.25) is 0 Å². The summed E-state index contributed by atoms with van der Waals surface area (Å²) in [5, 5.41) is 11.2. The number of hydrogen-bond donors (Lipinski definition) is 2. The number of aromatic hydroxyl groups is 1. The first-order chi connectivity index (χ1) is 16.1. The fraction of sp³-hybridized carbons (Fsp3) is 0.0385. The van der Waals surface area contributed by atoms with E-state index in [0.717, 1.165) is 28.1 Å². The maximum Gasteiger partial charge on any atom is 0.262 e. The van der Waals surface area contributed by atoms with Crippen LogP contribution in [0.15, 0.2) is 88.6 Å². The number of allylic oxidation sites excluding steroid dienone is 1. The van der Waals surface area contributed by atoms with Gasteiger partial charge in [0, 0.05) is 22.8 Å².